The van der Waals surface area contributed by atoms with E-state index in [-0.39, 0.29) is 0 Å². The van der Waals surface area contributed by atoms with Crippen molar-refractivity contribution in [3.63, 3.8) is 0 Å². The number of hydrogen-bond acceptors (Lipinski definition) is 1. The van der Waals surface area contributed by atoms with E-state index in [1.807, 2.05) is 30.3 Å². The highest BCUT2D eigenvalue weighted by molar-refractivity contribution is 5.48. The average molecular weight is 145 g/mol. The van der Waals surface area contributed by atoms with Gasteiger partial charge in [-0.2, -0.15) is 0 Å². The highest BCUT2D eigenvalue weighted by Crippen LogP contribution is 2.00. The molecule has 0 fully saturated rings. The Hall–Kier alpha value is -1.73. The number of hydrogen-bond donors (Lipinski definition) is 0. The molecular weight excluding hydrogens is 138 g/mol. The second-order valence-corrected chi connectivity index (χ2v) is 1.93. The summed E-state index contributed by atoms with van der Waals surface area (Å²) in [5.74, 6) is 0. The molecule has 0 atom stereocenters. The summed E-state index contributed by atoms with van der Waals surface area (Å²) in [7, 11) is 0. The van der Waals surface area contributed by atoms with Crippen molar-refractivity contribution in [2.75, 3.05) is 0 Å². The van der Waals surface area contributed by atoms with Crippen LogP contribution in [0.1, 0.15) is 5.56 Å². The van der Waals surface area contributed by atoms with E-state index in [0.29, 0.717) is 0 Å². The van der Waals surface area contributed by atoms with Crippen molar-refractivity contribution in [2.24, 2.45) is 5.11 Å². The first-order chi connectivity index (χ1) is 5.43. The lowest BCUT2D eigenvalue weighted by atomic mass is 10.2. The lowest BCUT2D eigenvalue weighted by Gasteiger charge is -1.87. The zero-order chi connectivity index (χ0) is 7.94. The van der Waals surface area contributed by atoms with E-state index in [1.165, 1.54) is 6.20 Å². The van der Waals surface area contributed by atoms with Crippen molar-refractivity contribution in [1.82, 2.24) is 0 Å². The quantitative estimate of drug-likeness (QED) is 0.349. The van der Waals surface area contributed by atoms with Crippen molar-refractivity contribution in [3.8, 4) is 0 Å². The normalized spacial score (nSPS) is 9.45. The number of nitrogens with zero attached hydrogens (tertiary/aromatic N) is 3. The smallest absolute Gasteiger partial charge is 0.00475 e. The molecule has 0 aliphatic carbocycles. The lowest BCUT2D eigenvalue weighted by Crippen LogP contribution is -1.65. The predicted octanol–water partition coefficient (Wildman–Crippen LogP) is 2.97. The van der Waals surface area contributed by atoms with Crippen LogP contribution in [0.5, 0.6) is 0 Å². The first-order valence-corrected chi connectivity index (χ1v) is 3.19. The van der Waals surface area contributed by atoms with Gasteiger partial charge in [0.05, 0.1) is 0 Å². The SMILES string of the molecule is [N-]=[N+]=N/C=C/c1ccccc1. The van der Waals surface area contributed by atoms with Gasteiger partial charge in [0, 0.05) is 11.1 Å². The minimum atomic E-state index is 1.03. The second-order valence-electron chi connectivity index (χ2n) is 1.93. The van der Waals surface area contributed by atoms with Crippen molar-refractivity contribution < 1.29 is 0 Å². The summed E-state index contributed by atoms with van der Waals surface area (Å²) in [5, 5.41) is 3.27. The number of rotatable bonds is 2. The third kappa shape index (κ3) is 2.56. The molecule has 54 valence electrons. The van der Waals surface area contributed by atoms with Gasteiger partial charge >= 0.3 is 0 Å². The molecule has 1 aromatic carbocycles. The van der Waals surface area contributed by atoms with Crippen LogP contribution in [0.2, 0.25) is 0 Å². The van der Waals surface area contributed by atoms with E-state index in [1.54, 1.807) is 6.08 Å². The highest BCUT2D eigenvalue weighted by atomic mass is 15.1. The van der Waals surface area contributed by atoms with Crippen LogP contribution in [0, 0.1) is 0 Å². The predicted molar refractivity (Wildman–Crippen MR) is 44.6 cm³/mol. The van der Waals surface area contributed by atoms with Gasteiger partial charge in [-0.05, 0) is 11.1 Å². The van der Waals surface area contributed by atoms with E-state index in [4.69, 9.17) is 5.53 Å². The molecule has 0 heterocycles. The minimum Gasteiger partial charge on any atom is -0.0686 e. The fraction of sp³-hybridized carbons (Fsp3) is 0. The maximum Gasteiger partial charge on any atom is 0.00475 e. The molecule has 1 aromatic rings. The molecule has 0 radical (unpaired) electrons. The molecule has 3 nitrogen and oxygen atoms in total. The summed E-state index contributed by atoms with van der Waals surface area (Å²) >= 11 is 0. The Morgan fingerprint density at radius 2 is 2.00 bits per heavy atom. The standard InChI is InChI=1S/C8H7N3/c9-11-10-7-6-8-4-2-1-3-5-8/h1-7H/b7-6+. The fourth-order valence-electron chi connectivity index (χ4n) is 0.713. The van der Waals surface area contributed by atoms with Gasteiger partial charge in [-0.3, -0.25) is 0 Å². The van der Waals surface area contributed by atoms with E-state index in [2.05, 4.69) is 10.0 Å². The molecule has 0 aliphatic rings. The van der Waals surface area contributed by atoms with E-state index >= 15 is 0 Å². The van der Waals surface area contributed by atoms with Crippen LogP contribution in [-0.4, -0.2) is 0 Å². The lowest BCUT2D eigenvalue weighted by molar-refractivity contribution is 1.52. The van der Waals surface area contributed by atoms with Gasteiger partial charge < -0.3 is 0 Å². The van der Waals surface area contributed by atoms with Crippen LogP contribution >= 0.6 is 0 Å². The Balaban J connectivity index is 2.72. The Bertz CT molecular complexity index is 283. The fourth-order valence-corrected chi connectivity index (χ4v) is 0.713. The van der Waals surface area contributed by atoms with Crippen molar-refractivity contribution in [1.29, 1.82) is 0 Å². The number of azide groups is 1. The summed E-state index contributed by atoms with van der Waals surface area (Å²) in [6.45, 7) is 0. The first-order valence-electron chi connectivity index (χ1n) is 3.19. The summed E-state index contributed by atoms with van der Waals surface area (Å²) in [5.41, 5.74) is 8.98. The van der Waals surface area contributed by atoms with Crippen LogP contribution < -0.4 is 0 Å². The van der Waals surface area contributed by atoms with Gasteiger partial charge in [0.1, 0.15) is 0 Å². The summed E-state index contributed by atoms with van der Waals surface area (Å²) in [6.07, 6.45) is 3.18. The molecule has 0 amide bonds. The van der Waals surface area contributed by atoms with Gasteiger partial charge in [0.25, 0.3) is 0 Å². The van der Waals surface area contributed by atoms with Crippen LogP contribution in [0.25, 0.3) is 16.5 Å². The minimum absolute atomic E-state index is 1.03. The third-order valence-corrected chi connectivity index (χ3v) is 1.18. The molecule has 0 N–H and O–H groups in total. The summed E-state index contributed by atoms with van der Waals surface area (Å²) in [4.78, 5) is 2.59. The molecule has 0 bridgehead atoms. The molecule has 3 heteroatoms. The van der Waals surface area contributed by atoms with Gasteiger partial charge in [0.15, 0.2) is 0 Å². The Labute approximate surface area is 64.6 Å². The van der Waals surface area contributed by atoms with Crippen molar-refractivity contribution >= 4 is 6.08 Å². The molecule has 1 rings (SSSR count). The second kappa shape index (κ2) is 4.14. The van der Waals surface area contributed by atoms with Crippen LogP contribution in [0.15, 0.2) is 41.6 Å². The topological polar surface area (TPSA) is 48.8 Å². The van der Waals surface area contributed by atoms with Gasteiger partial charge in [-0.25, -0.2) is 0 Å². The maximum atomic E-state index is 7.95. The van der Waals surface area contributed by atoms with Crippen LogP contribution in [0.4, 0.5) is 0 Å². The molecule has 0 saturated heterocycles. The monoisotopic (exact) mass is 145 g/mol. The van der Waals surface area contributed by atoms with E-state index in [9.17, 15) is 0 Å². The third-order valence-electron chi connectivity index (χ3n) is 1.18. The van der Waals surface area contributed by atoms with Gasteiger partial charge in [-0.15, -0.1) is 0 Å². The Morgan fingerprint density at radius 1 is 1.27 bits per heavy atom. The molecule has 0 saturated carbocycles. The molecule has 0 unspecified atom stereocenters. The maximum absolute atomic E-state index is 7.95. The highest BCUT2D eigenvalue weighted by Gasteiger charge is 1.78. The van der Waals surface area contributed by atoms with Crippen LogP contribution in [-0.2, 0) is 0 Å². The average Bonchev–Trinajstić information content (AvgIpc) is 2.07. The van der Waals surface area contributed by atoms with Gasteiger partial charge in [0.2, 0.25) is 0 Å². The van der Waals surface area contributed by atoms with Crippen molar-refractivity contribution in [2.45, 2.75) is 0 Å². The first kappa shape index (κ1) is 7.38. The Kier molecular flexibility index (Phi) is 2.78. The molecule has 0 aromatic heterocycles. The molecule has 0 spiro atoms. The molecule has 0 aliphatic heterocycles. The largest absolute Gasteiger partial charge is 0.0686 e. The zero-order valence-electron chi connectivity index (χ0n) is 5.88. The Morgan fingerprint density at radius 3 is 2.64 bits per heavy atom. The molecular formula is C8H7N3. The van der Waals surface area contributed by atoms with E-state index in [0.717, 1.165) is 5.56 Å². The van der Waals surface area contributed by atoms with Crippen molar-refractivity contribution in [3.05, 3.63) is 52.5 Å². The van der Waals surface area contributed by atoms with Gasteiger partial charge in [-0.1, -0.05) is 41.5 Å². The van der Waals surface area contributed by atoms with Crippen LogP contribution in [0.3, 0.4) is 0 Å². The van der Waals surface area contributed by atoms with E-state index < -0.39 is 0 Å². The zero-order valence-corrected chi connectivity index (χ0v) is 5.88. The summed E-state index contributed by atoms with van der Waals surface area (Å²) < 4.78 is 0. The summed E-state index contributed by atoms with van der Waals surface area (Å²) in [6, 6.07) is 9.66. The number of benzene rings is 1. The molecule has 11 heavy (non-hydrogen) atoms.